The number of aromatic nitrogens is 2. The molecule has 1 aromatic heterocycles. The highest BCUT2D eigenvalue weighted by Gasteiger charge is 2.20. The summed E-state index contributed by atoms with van der Waals surface area (Å²) in [5.41, 5.74) is 0. The maximum Gasteiger partial charge on any atom is 0.158 e. The molecule has 1 aliphatic rings. The molecule has 1 heterocycles. The Morgan fingerprint density at radius 1 is 1.14 bits per heavy atom. The lowest BCUT2D eigenvalue weighted by Crippen LogP contribution is -2.26. The molecule has 1 aliphatic carbocycles. The average Bonchev–Trinajstić information content (AvgIpc) is 2.48. The van der Waals surface area contributed by atoms with Crippen molar-refractivity contribution in [3.8, 4) is 0 Å². The van der Waals surface area contributed by atoms with Gasteiger partial charge in [0.1, 0.15) is 18.2 Å². The predicted octanol–water partition coefficient (Wildman–Crippen LogP) is 3.44. The lowest BCUT2D eigenvalue weighted by atomic mass is 9.84. The highest BCUT2D eigenvalue weighted by molar-refractivity contribution is 5.48. The van der Waals surface area contributed by atoms with Gasteiger partial charge in [-0.3, -0.25) is 0 Å². The number of rotatable bonds is 7. The number of anilines is 2. The molecule has 0 bridgehead atoms. The van der Waals surface area contributed by atoms with E-state index < -0.39 is 0 Å². The Morgan fingerprint density at radius 2 is 1.86 bits per heavy atom. The second-order valence-corrected chi connectivity index (χ2v) is 5.79. The molecule has 1 fully saturated rings. The van der Waals surface area contributed by atoms with Gasteiger partial charge in [-0.1, -0.05) is 13.3 Å². The van der Waals surface area contributed by atoms with Gasteiger partial charge in [0.25, 0.3) is 0 Å². The van der Waals surface area contributed by atoms with Gasteiger partial charge in [-0.25, -0.2) is 9.97 Å². The highest BCUT2D eigenvalue weighted by atomic mass is 16.5. The standard InChI is InChI=1S/C16H28N4O/c1-4-12-6-8-13(9-7-12)18-15-10-14(17-5-2)19-16(20-15)11-21-3/h10,12-13H,4-9,11H2,1-3H3,(H2,17,18,19,20). The molecule has 0 aromatic carbocycles. The molecule has 2 rings (SSSR count). The van der Waals surface area contributed by atoms with E-state index >= 15 is 0 Å². The normalized spacial score (nSPS) is 22.0. The van der Waals surface area contributed by atoms with Gasteiger partial charge in [0.15, 0.2) is 5.82 Å². The SMILES string of the molecule is CCNc1cc(NC2CCC(CC)CC2)nc(COC)n1. The lowest BCUT2D eigenvalue weighted by molar-refractivity contribution is 0.178. The molecule has 21 heavy (non-hydrogen) atoms. The zero-order chi connectivity index (χ0) is 15.1. The third-order valence-corrected chi connectivity index (χ3v) is 4.18. The summed E-state index contributed by atoms with van der Waals surface area (Å²) < 4.78 is 5.15. The second-order valence-electron chi connectivity index (χ2n) is 5.79. The molecule has 2 N–H and O–H groups in total. The van der Waals surface area contributed by atoms with Gasteiger partial charge in [0.05, 0.1) is 0 Å². The van der Waals surface area contributed by atoms with Gasteiger partial charge in [-0.05, 0) is 38.5 Å². The first-order valence-electron chi connectivity index (χ1n) is 8.12. The van der Waals surface area contributed by atoms with E-state index in [0.717, 1.165) is 29.9 Å². The third kappa shape index (κ3) is 4.84. The zero-order valence-electron chi connectivity index (χ0n) is 13.5. The first kappa shape index (κ1) is 16.0. The summed E-state index contributed by atoms with van der Waals surface area (Å²) in [4.78, 5) is 9.00. The van der Waals surface area contributed by atoms with Crippen molar-refractivity contribution in [3.63, 3.8) is 0 Å². The van der Waals surface area contributed by atoms with Crippen molar-refractivity contribution in [1.29, 1.82) is 0 Å². The predicted molar refractivity (Wildman–Crippen MR) is 86.6 cm³/mol. The van der Waals surface area contributed by atoms with Crippen LogP contribution in [0.5, 0.6) is 0 Å². The minimum absolute atomic E-state index is 0.441. The van der Waals surface area contributed by atoms with Crippen molar-refractivity contribution >= 4 is 11.6 Å². The number of nitrogens with zero attached hydrogens (tertiary/aromatic N) is 2. The Hall–Kier alpha value is -1.36. The Labute approximate surface area is 127 Å². The van der Waals surface area contributed by atoms with Crippen molar-refractivity contribution in [1.82, 2.24) is 9.97 Å². The maximum atomic E-state index is 5.15. The van der Waals surface area contributed by atoms with Gasteiger partial charge in [-0.2, -0.15) is 0 Å². The molecule has 0 atom stereocenters. The molecular formula is C16H28N4O. The number of nitrogens with one attached hydrogen (secondary N) is 2. The fraction of sp³-hybridized carbons (Fsp3) is 0.750. The van der Waals surface area contributed by atoms with Crippen molar-refractivity contribution in [2.45, 2.75) is 58.6 Å². The van der Waals surface area contributed by atoms with E-state index in [9.17, 15) is 0 Å². The Bertz CT molecular complexity index is 406. The second kappa shape index (κ2) is 8.17. The molecule has 0 saturated heterocycles. The van der Waals surface area contributed by atoms with Crippen LogP contribution in [0.4, 0.5) is 11.6 Å². The van der Waals surface area contributed by atoms with Gasteiger partial charge in [0, 0.05) is 25.8 Å². The van der Waals surface area contributed by atoms with Crippen LogP contribution in [0.15, 0.2) is 6.07 Å². The highest BCUT2D eigenvalue weighted by Crippen LogP contribution is 2.28. The summed E-state index contributed by atoms with van der Waals surface area (Å²) >= 11 is 0. The van der Waals surface area contributed by atoms with Crippen molar-refractivity contribution in [3.05, 3.63) is 11.9 Å². The minimum Gasteiger partial charge on any atom is -0.377 e. The van der Waals surface area contributed by atoms with Crippen LogP contribution in [0.2, 0.25) is 0 Å². The Morgan fingerprint density at radius 3 is 2.48 bits per heavy atom. The average molecular weight is 292 g/mol. The van der Waals surface area contributed by atoms with E-state index in [2.05, 4.69) is 34.4 Å². The molecule has 1 saturated carbocycles. The topological polar surface area (TPSA) is 59.1 Å². The Balaban J connectivity index is 2.01. The van der Waals surface area contributed by atoms with Crippen molar-refractivity contribution < 1.29 is 4.74 Å². The van der Waals surface area contributed by atoms with Gasteiger partial charge in [-0.15, -0.1) is 0 Å². The number of methoxy groups -OCH3 is 1. The monoisotopic (exact) mass is 292 g/mol. The zero-order valence-corrected chi connectivity index (χ0v) is 13.5. The molecule has 0 radical (unpaired) electrons. The third-order valence-electron chi connectivity index (χ3n) is 4.18. The summed E-state index contributed by atoms with van der Waals surface area (Å²) in [6, 6.07) is 2.53. The summed E-state index contributed by atoms with van der Waals surface area (Å²) in [5, 5.41) is 6.83. The number of hydrogen-bond donors (Lipinski definition) is 2. The smallest absolute Gasteiger partial charge is 0.158 e. The molecule has 0 unspecified atom stereocenters. The van der Waals surface area contributed by atoms with Crippen molar-refractivity contribution in [2.75, 3.05) is 24.3 Å². The van der Waals surface area contributed by atoms with Crippen LogP contribution in [0.25, 0.3) is 0 Å². The molecule has 118 valence electrons. The van der Waals surface area contributed by atoms with Crippen LogP contribution >= 0.6 is 0 Å². The first-order chi connectivity index (χ1) is 10.2. The van der Waals surface area contributed by atoms with Crippen LogP contribution in [0.3, 0.4) is 0 Å². The van der Waals surface area contributed by atoms with E-state index in [4.69, 9.17) is 4.74 Å². The molecule has 0 aliphatic heterocycles. The molecule has 1 aromatic rings. The van der Waals surface area contributed by atoms with E-state index in [1.807, 2.05) is 6.07 Å². The van der Waals surface area contributed by atoms with Crippen LogP contribution in [-0.4, -0.2) is 29.7 Å². The Kier molecular flexibility index (Phi) is 6.23. The number of hydrogen-bond acceptors (Lipinski definition) is 5. The van der Waals surface area contributed by atoms with E-state index in [1.54, 1.807) is 7.11 Å². The van der Waals surface area contributed by atoms with Gasteiger partial charge in [0.2, 0.25) is 0 Å². The fourth-order valence-electron chi connectivity index (χ4n) is 2.96. The largest absolute Gasteiger partial charge is 0.377 e. The van der Waals surface area contributed by atoms with E-state index in [0.29, 0.717) is 12.6 Å². The van der Waals surface area contributed by atoms with Crippen LogP contribution < -0.4 is 10.6 Å². The lowest BCUT2D eigenvalue weighted by Gasteiger charge is -2.28. The van der Waals surface area contributed by atoms with Gasteiger partial charge >= 0.3 is 0 Å². The van der Waals surface area contributed by atoms with Crippen molar-refractivity contribution in [2.24, 2.45) is 5.92 Å². The number of ether oxygens (including phenoxy) is 1. The molecular weight excluding hydrogens is 264 g/mol. The van der Waals surface area contributed by atoms with E-state index in [1.165, 1.54) is 32.1 Å². The molecule has 0 spiro atoms. The van der Waals surface area contributed by atoms with E-state index in [-0.39, 0.29) is 0 Å². The summed E-state index contributed by atoms with van der Waals surface area (Å²) in [5.74, 6) is 3.41. The maximum absolute atomic E-state index is 5.15. The molecule has 5 nitrogen and oxygen atoms in total. The van der Waals surface area contributed by atoms with Crippen LogP contribution in [-0.2, 0) is 11.3 Å². The fourth-order valence-corrected chi connectivity index (χ4v) is 2.96. The summed E-state index contributed by atoms with van der Waals surface area (Å²) in [7, 11) is 1.67. The molecule has 0 amide bonds. The quantitative estimate of drug-likeness (QED) is 0.806. The van der Waals surface area contributed by atoms with Gasteiger partial charge < -0.3 is 15.4 Å². The molecule has 5 heteroatoms. The van der Waals surface area contributed by atoms with Crippen LogP contribution in [0.1, 0.15) is 51.8 Å². The summed E-state index contributed by atoms with van der Waals surface area (Å²) in [6.07, 6.45) is 6.43. The minimum atomic E-state index is 0.441. The first-order valence-corrected chi connectivity index (χ1v) is 8.12. The van der Waals surface area contributed by atoms with Crippen LogP contribution in [0, 0.1) is 5.92 Å². The summed E-state index contributed by atoms with van der Waals surface area (Å²) in [6.45, 7) is 5.65.